The molecule has 0 saturated carbocycles. The van der Waals surface area contributed by atoms with Crippen molar-refractivity contribution in [2.75, 3.05) is 7.11 Å². The number of pyridine rings is 1. The molecule has 16 heteroatoms. The van der Waals surface area contributed by atoms with Crippen LogP contribution in [0.25, 0.3) is 38.9 Å². The molecule has 0 bridgehead atoms. The Bertz CT molecular complexity index is 1880. The fourth-order valence-electron chi connectivity index (χ4n) is 3.92. The number of primary sulfonamides is 1. The fraction of sp³-hybridized carbons (Fsp3) is 0.0952. The predicted molar refractivity (Wildman–Crippen MR) is 122 cm³/mol. The van der Waals surface area contributed by atoms with Gasteiger partial charge in [0.1, 0.15) is 24.0 Å². The van der Waals surface area contributed by atoms with Crippen LogP contribution in [0, 0.1) is 5.82 Å². The number of hydrogen-bond acceptors (Lipinski definition) is 7. The zero-order chi connectivity index (χ0) is 26.9. The number of sulfonamides is 1. The number of nitrogens with two attached hydrogens (primary N) is 1. The van der Waals surface area contributed by atoms with E-state index >= 15 is 0 Å². The molecule has 0 spiro atoms. The lowest BCUT2D eigenvalue weighted by Crippen LogP contribution is -2.25. The molecule has 5 aromatic rings. The number of halogens is 5. The van der Waals surface area contributed by atoms with Crippen LogP contribution >= 0.6 is 11.6 Å². The first-order valence-electron chi connectivity index (χ1n) is 10.0. The molecule has 3 heterocycles. The molecule has 3 aromatic heterocycles. The van der Waals surface area contributed by atoms with Gasteiger partial charge in [0.15, 0.2) is 11.3 Å². The second kappa shape index (κ2) is 8.29. The largest absolute Gasteiger partial charge is 0.434 e. The number of hydrogen-bond donors (Lipinski definition) is 1. The number of benzene rings is 2. The molecule has 0 aliphatic carbocycles. The van der Waals surface area contributed by atoms with Gasteiger partial charge in [-0.1, -0.05) is 28.9 Å². The number of alkyl halides is 3. The first-order valence-corrected chi connectivity index (χ1v) is 11.9. The van der Waals surface area contributed by atoms with Gasteiger partial charge in [0.2, 0.25) is 15.7 Å². The predicted octanol–water partition coefficient (Wildman–Crippen LogP) is 3.51. The minimum Gasteiger partial charge on any atom is -0.412 e. The maximum Gasteiger partial charge on any atom is 0.434 e. The monoisotopic (exact) mass is 557 g/mol. The van der Waals surface area contributed by atoms with Crippen molar-refractivity contribution in [3.05, 3.63) is 69.4 Å². The SMILES string of the molecule is COn1c(=O)c2c(-c3c(F)cccc3Cl)noc2c2c(C(F)(F)F)n(-c3cccc(S(N)(=O)=O)c3)nc21. The van der Waals surface area contributed by atoms with E-state index in [4.69, 9.17) is 26.1 Å². The molecule has 0 aliphatic rings. The van der Waals surface area contributed by atoms with E-state index in [-0.39, 0.29) is 16.3 Å². The third-order valence-electron chi connectivity index (χ3n) is 5.42. The van der Waals surface area contributed by atoms with Crippen LogP contribution in [-0.4, -0.2) is 35.2 Å². The summed E-state index contributed by atoms with van der Waals surface area (Å²) in [5, 5.41) is 11.2. The van der Waals surface area contributed by atoms with E-state index in [9.17, 15) is 30.8 Å². The third-order valence-corrected chi connectivity index (χ3v) is 6.64. The molecule has 0 saturated heterocycles. The van der Waals surface area contributed by atoms with Crippen LogP contribution in [0.5, 0.6) is 0 Å². The molecule has 0 unspecified atom stereocenters. The Morgan fingerprint density at radius 1 is 1.14 bits per heavy atom. The van der Waals surface area contributed by atoms with Crippen molar-refractivity contribution in [3.8, 4) is 16.9 Å². The van der Waals surface area contributed by atoms with Crippen molar-refractivity contribution >= 4 is 43.6 Å². The summed E-state index contributed by atoms with van der Waals surface area (Å²) in [5.74, 6) is -0.905. The molecule has 0 aliphatic heterocycles. The van der Waals surface area contributed by atoms with Crippen LogP contribution < -0.4 is 15.5 Å². The number of nitrogens with zero attached hydrogens (tertiary/aromatic N) is 4. The zero-order valence-corrected chi connectivity index (χ0v) is 19.8. The molecule has 0 atom stereocenters. The minimum atomic E-state index is -5.13. The van der Waals surface area contributed by atoms with Crippen LogP contribution in [0.3, 0.4) is 0 Å². The van der Waals surface area contributed by atoms with Gasteiger partial charge in [-0.2, -0.15) is 13.2 Å². The second-order valence-electron chi connectivity index (χ2n) is 7.61. The van der Waals surface area contributed by atoms with E-state index in [1.807, 2.05) is 0 Å². The molecular weight excluding hydrogens is 546 g/mol. The molecule has 10 nitrogen and oxygen atoms in total. The molecule has 0 fully saturated rings. The van der Waals surface area contributed by atoms with Crippen LogP contribution in [-0.2, 0) is 16.2 Å². The molecule has 0 amide bonds. The van der Waals surface area contributed by atoms with E-state index in [0.717, 1.165) is 37.4 Å². The highest BCUT2D eigenvalue weighted by atomic mass is 35.5. The van der Waals surface area contributed by atoms with Gasteiger partial charge in [-0.3, -0.25) is 4.79 Å². The van der Waals surface area contributed by atoms with Crippen molar-refractivity contribution in [2.24, 2.45) is 5.14 Å². The van der Waals surface area contributed by atoms with Crippen molar-refractivity contribution in [2.45, 2.75) is 11.1 Å². The average Bonchev–Trinajstić information content (AvgIpc) is 3.41. The summed E-state index contributed by atoms with van der Waals surface area (Å²) >= 11 is 6.09. The van der Waals surface area contributed by atoms with E-state index in [1.54, 1.807) is 0 Å². The average molecular weight is 558 g/mol. The number of fused-ring (bicyclic) bond motifs is 3. The summed E-state index contributed by atoms with van der Waals surface area (Å²) in [6.45, 7) is 0. The van der Waals surface area contributed by atoms with Gasteiger partial charge in [0, 0.05) is 0 Å². The van der Waals surface area contributed by atoms with E-state index in [0.29, 0.717) is 9.41 Å². The Kier molecular flexibility index (Phi) is 5.54. The van der Waals surface area contributed by atoms with Crippen LogP contribution in [0.1, 0.15) is 5.69 Å². The standard InChI is InChI=1S/C21H12ClF4N5O5S/c1-35-31-19-15(17-14(20(31)32)16(29-36-17)13-11(22)6-3-7-12(13)23)18(21(24,25)26)30(28-19)9-4-2-5-10(8-9)37(27,33)34/h2-8H,1H3,(H2,27,33,34). The minimum absolute atomic E-state index is 0.176. The van der Waals surface area contributed by atoms with Gasteiger partial charge in [0.05, 0.1) is 26.6 Å². The lowest BCUT2D eigenvalue weighted by atomic mass is 10.1. The van der Waals surface area contributed by atoms with Gasteiger partial charge in [-0.15, -0.1) is 9.83 Å². The highest BCUT2D eigenvalue weighted by Crippen LogP contribution is 2.41. The first-order chi connectivity index (χ1) is 17.3. The first kappa shape index (κ1) is 24.7. The van der Waals surface area contributed by atoms with Gasteiger partial charge in [0.25, 0.3) is 5.56 Å². The Balaban J connectivity index is 1.97. The summed E-state index contributed by atoms with van der Waals surface area (Å²) in [5.41, 5.74) is -4.98. The van der Waals surface area contributed by atoms with E-state index in [1.165, 1.54) is 12.1 Å². The lowest BCUT2D eigenvalue weighted by Gasteiger charge is -2.11. The smallest absolute Gasteiger partial charge is 0.412 e. The Morgan fingerprint density at radius 3 is 2.46 bits per heavy atom. The summed E-state index contributed by atoms with van der Waals surface area (Å²) in [7, 11) is -3.28. The van der Waals surface area contributed by atoms with Gasteiger partial charge in [-0.05, 0) is 30.3 Å². The zero-order valence-electron chi connectivity index (χ0n) is 18.2. The second-order valence-corrected chi connectivity index (χ2v) is 9.58. The van der Waals surface area contributed by atoms with Crippen molar-refractivity contribution in [1.82, 2.24) is 19.7 Å². The maximum absolute atomic E-state index is 14.6. The third kappa shape index (κ3) is 3.82. The molecule has 2 N–H and O–H groups in total. The molecule has 0 radical (unpaired) electrons. The Hall–Kier alpha value is -3.95. The summed E-state index contributed by atoms with van der Waals surface area (Å²) < 4.78 is 87.6. The van der Waals surface area contributed by atoms with Gasteiger partial charge < -0.3 is 9.36 Å². The van der Waals surface area contributed by atoms with Crippen molar-refractivity contribution < 1.29 is 35.3 Å². The normalized spacial score (nSPS) is 12.5. The highest BCUT2D eigenvalue weighted by molar-refractivity contribution is 7.89. The number of aromatic nitrogens is 4. The molecule has 5 rings (SSSR count). The summed E-state index contributed by atoms with van der Waals surface area (Å²) in [6, 6.07) is 7.86. The van der Waals surface area contributed by atoms with Crippen LogP contribution in [0.2, 0.25) is 5.02 Å². The van der Waals surface area contributed by atoms with Crippen LogP contribution in [0.15, 0.2) is 56.7 Å². The number of rotatable bonds is 4. The lowest BCUT2D eigenvalue weighted by molar-refractivity contribution is -0.141. The quantitative estimate of drug-likeness (QED) is 0.334. The summed E-state index contributed by atoms with van der Waals surface area (Å²) in [4.78, 5) is 17.8. The van der Waals surface area contributed by atoms with Crippen LogP contribution in [0.4, 0.5) is 17.6 Å². The van der Waals surface area contributed by atoms with E-state index < -0.39 is 65.9 Å². The summed E-state index contributed by atoms with van der Waals surface area (Å²) in [6.07, 6.45) is -5.13. The topological polar surface area (TPSA) is 135 Å². The molecule has 192 valence electrons. The van der Waals surface area contributed by atoms with Crippen molar-refractivity contribution in [1.29, 1.82) is 0 Å². The molecular formula is C21H12ClF4N5O5S. The molecule has 37 heavy (non-hydrogen) atoms. The molecule has 2 aromatic carbocycles. The Labute approximate surface area is 208 Å². The van der Waals surface area contributed by atoms with Gasteiger partial charge >= 0.3 is 6.18 Å². The fourth-order valence-corrected chi connectivity index (χ4v) is 4.73. The Morgan fingerprint density at radius 2 is 1.84 bits per heavy atom. The van der Waals surface area contributed by atoms with Gasteiger partial charge in [-0.25, -0.2) is 22.6 Å². The van der Waals surface area contributed by atoms with E-state index in [2.05, 4.69) is 10.3 Å². The highest BCUT2D eigenvalue weighted by Gasteiger charge is 2.42. The maximum atomic E-state index is 14.6. The van der Waals surface area contributed by atoms with Crippen molar-refractivity contribution in [3.63, 3.8) is 0 Å².